The second kappa shape index (κ2) is 8.24. The van der Waals surface area contributed by atoms with Gasteiger partial charge in [-0.2, -0.15) is 0 Å². The second-order valence-electron chi connectivity index (χ2n) is 4.98. The second-order valence-corrected chi connectivity index (χ2v) is 4.98. The van der Waals surface area contributed by atoms with Crippen LogP contribution in [0.1, 0.15) is 25.2 Å². The highest BCUT2D eigenvalue weighted by atomic mass is 16.5. The number of aromatic nitrogens is 2. The normalized spacial score (nSPS) is 12.1. The van der Waals surface area contributed by atoms with Gasteiger partial charge in [-0.15, -0.1) is 0 Å². The fourth-order valence-electron chi connectivity index (χ4n) is 2.14. The largest absolute Gasteiger partial charge is 0.465 e. The molecule has 0 N–H and O–H groups in total. The first-order chi connectivity index (χ1) is 10.7. The zero-order chi connectivity index (χ0) is 15.8. The van der Waals surface area contributed by atoms with Gasteiger partial charge >= 0.3 is 5.97 Å². The molecular weight excluding hydrogens is 278 g/mol. The number of carbonyl (C=O) groups excluding carboxylic acids is 1. The van der Waals surface area contributed by atoms with Gasteiger partial charge in [0, 0.05) is 25.5 Å². The lowest BCUT2D eigenvalue weighted by Gasteiger charge is -2.26. The maximum absolute atomic E-state index is 12.1. The quantitative estimate of drug-likeness (QED) is 0.735. The lowest BCUT2D eigenvalue weighted by Crippen LogP contribution is -2.39. The van der Waals surface area contributed by atoms with Crippen LogP contribution in [0.2, 0.25) is 0 Å². The lowest BCUT2D eigenvalue weighted by atomic mass is 10.2. The van der Waals surface area contributed by atoms with E-state index >= 15 is 0 Å². The minimum Gasteiger partial charge on any atom is -0.465 e. The third-order valence-corrected chi connectivity index (χ3v) is 3.36. The van der Waals surface area contributed by atoms with Crippen molar-refractivity contribution in [2.24, 2.45) is 0 Å². The highest BCUT2D eigenvalue weighted by Gasteiger charge is 2.23. The Hall–Kier alpha value is -2.27. The van der Waals surface area contributed by atoms with Gasteiger partial charge in [0.15, 0.2) is 0 Å². The van der Waals surface area contributed by atoms with Crippen LogP contribution in [0.25, 0.3) is 0 Å². The van der Waals surface area contributed by atoms with Gasteiger partial charge in [-0.05, 0) is 38.1 Å². The van der Waals surface area contributed by atoms with E-state index in [9.17, 15) is 4.79 Å². The fourth-order valence-corrected chi connectivity index (χ4v) is 2.14. The van der Waals surface area contributed by atoms with Gasteiger partial charge in [0.25, 0.3) is 0 Å². The molecule has 0 spiro atoms. The molecule has 0 radical (unpaired) electrons. The van der Waals surface area contributed by atoms with Crippen LogP contribution < -0.4 is 0 Å². The number of nitrogens with zero attached hydrogens (tertiary/aromatic N) is 3. The SMILES string of the molecule is CCOC(=O)C(C)N(Cc1ccccn1)Cc1ccccn1. The van der Waals surface area contributed by atoms with Crippen molar-refractivity contribution in [2.45, 2.75) is 33.0 Å². The van der Waals surface area contributed by atoms with Crippen molar-refractivity contribution in [1.29, 1.82) is 0 Å². The summed E-state index contributed by atoms with van der Waals surface area (Å²) in [6, 6.07) is 11.2. The van der Waals surface area contributed by atoms with E-state index in [0.717, 1.165) is 11.4 Å². The van der Waals surface area contributed by atoms with E-state index in [2.05, 4.69) is 9.97 Å². The van der Waals surface area contributed by atoms with Crippen LogP contribution in [-0.2, 0) is 22.6 Å². The fraction of sp³-hybridized carbons (Fsp3) is 0.353. The van der Waals surface area contributed by atoms with Crippen molar-refractivity contribution in [3.63, 3.8) is 0 Å². The molecule has 5 heteroatoms. The summed E-state index contributed by atoms with van der Waals surface area (Å²) in [4.78, 5) is 22.7. The molecule has 0 aliphatic heterocycles. The molecule has 0 fully saturated rings. The average Bonchev–Trinajstić information content (AvgIpc) is 2.56. The first-order valence-corrected chi connectivity index (χ1v) is 7.41. The lowest BCUT2D eigenvalue weighted by molar-refractivity contribution is -0.149. The van der Waals surface area contributed by atoms with Gasteiger partial charge in [-0.3, -0.25) is 19.7 Å². The molecule has 0 aliphatic rings. The zero-order valence-electron chi connectivity index (χ0n) is 13.0. The van der Waals surface area contributed by atoms with Gasteiger partial charge in [-0.1, -0.05) is 12.1 Å². The van der Waals surface area contributed by atoms with E-state index in [1.165, 1.54) is 0 Å². The molecule has 0 aromatic carbocycles. The first-order valence-electron chi connectivity index (χ1n) is 7.41. The number of hydrogen-bond donors (Lipinski definition) is 0. The Labute approximate surface area is 131 Å². The predicted molar refractivity (Wildman–Crippen MR) is 83.8 cm³/mol. The molecule has 0 amide bonds. The van der Waals surface area contributed by atoms with E-state index in [-0.39, 0.29) is 12.0 Å². The summed E-state index contributed by atoms with van der Waals surface area (Å²) >= 11 is 0. The minimum absolute atomic E-state index is 0.227. The van der Waals surface area contributed by atoms with E-state index in [1.807, 2.05) is 55.1 Å². The Kier molecular flexibility index (Phi) is 6.03. The molecule has 2 aromatic heterocycles. The summed E-state index contributed by atoms with van der Waals surface area (Å²) in [7, 11) is 0. The van der Waals surface area contributed by atoms with Crippen molar-refractivity contribution in [2.75, 3.05) is 6.61 Å². The Bertz CT molecular complexity index is 533. The van der Waals surface area contributed by atoms with Gasteiger partial charge < -0.3 is 4.74 Å². The van der Waals surface area contributed by atoms with Crippen LogP contribution in [0.5, 0.6) is 0 Å². The molecule has 2 aromatic rings. The third kappa shape index (κ3) is 4.63. The molecule has 1 unspecified atom stereocenters. The summed E-state index contributed by atoms with van der Waals surface area (Å²) in [5.41, 5.74) is 1.82. The van der Waals surface area contributed by atoms with Crippen molar-refractivity contribution < 1.29 is 9.53 Å². The molecule has 5 nitrogen and oxygen atoms in total. The molecule has 2 rings (SSSR count). The summed E-state index contributed by atoms with van der Waals surface area (Å²) in [6.07, 6.45) is 3.51. The summed E-state index contributed by atoms with van der Waals surface area (Å²) in [5, 5.41) is 0. The van der Waals surface area contributed by atoms with Crippen LogP contribution in [0.15, 0.2) is 48.8 Å². The standard InChI is InChI=1S/C17H21N3O2/c1-3-22-17(21)14(2)20(12-15-8-4-6-10-18-15)13-16-9-5-7-11-19-16/h4-11,14H,3,12-13H2,1-2H3. The Morgan fingerprint density at radius 1 is 1.09 bits per heavy atom. The Balaban J connectivity index is 2.14. The molecule has 0 saturated carbocycles. The number of esters is 1. The molecule has 2 heterocycles. The van der Waals surface area contributed by atoms with Crippen LogP contribution in [0.3, 0.4) is 0 Å². The molecule has 22 heavy (non-hydrogen) atoms. The number of pyridine rings is 2. The maximum Gasteiger partial charge on any atom is 0.323 e. The Morgan fingerprint density at radius 2 is 1.64 bits per heavy atom. The third-order valence-electron chi connectivity index (χ3n) is 3.36. The number of hydrogen-bond acceptors (Lipinski definition) is 5. The van der Waals surface area contributed by atoms with Crippen LogP contribution in [0.4, 0.5) is 0 Å². The van der Waals surface area contributed by atoms with Crippen LogP contribution >= 0.6 is 0 Å². The summed E-state index contributed by atoms with van der Waals surface area (Å²) in [6.45, 7) is 5.18. The minimum atomic E-state index is -0.357. The first kappa shape index (κ1) is 16.1. The van der Waals surface area contributed by atoms with Crippen molar-refractivity contribution >= 4 is 5.97 Å². The van der Waals surface area contributed by atoms with Crippen molar-refractivity contribution in [1.82, 2.24) is 14.9 Å². The van der Waals surface area contributed by atoms with E-state index in [1.54, 1.807) is 12.4 Å². The summed E-state index contributed by atoms with van der Waals surface area (Å²) < 4.78 is 5.14. The molecule has 116 valence electrons. The van der Waals surface area contributed by atoms with Gasteiger partial charge in [0.05, 0.1) is 18.0 Å². The number of carbonyl (C=O) groups is 1. The molecule has 0 saturated heterocycles. The van der Waals surface area contributed by atoms with Crippen molar-refractivity contribution in [3.05, 3.63) is 60.2 Å². The highest BCUT2D eigenvalue weighted by Crippen LogP contribution is 2.12. The van der Waals surface area contributed by atoms with Gasteiger partial charge in [-0.25, -0.2) is 0 Å². The molecule has 1 atom stereocenters. The van der Waals surface area contributed by atoms with Crippen molar-refractivity contribution in [3.8, 4) is 0 Å². The molecule has 0 aliphatic carbocycles. The number of rotatable bonds is 7. The number of ether oxygens (including phenoxy) is 1. The summed E-state index contributed by atoms with van der Waals surface area (Å²) in [5.74, 6) is -0.227. The van der Waals surface area contributed by atoms with Gasteiger partial charge in [0.2, 0.25) is 0 Å². The molecule has 0 bridgehead atoms. The predicted octanol–water partition coefficient (Wildman–Crippen LogP) is 2.43. The van der Waals surface area contributed by atoms with Crippen LogP contribution in [-0.4, -0.2) is 33.5 Å². The van der Waals surface area contributed by atoms with Gasteiger partial charge in [0.1, 0.15) is 6.04 Å². The van der Waals surface area contributed by atoms with Crippen LogP contribution in [0, 0.1) is 0 Å². The molecular formula is C17H21N3O2. The smallest absolute Gasteiger partial charge is 0.323 e. The Morgan fingerprint density at radius 3 is 2.05 bits per heavy atom. The van der Waals surface area contributed by atoms with E-state index < -0.39 is 0 Å². The van der Waals surface area contributed by atoms with E-state index in [0.29, 0.717) is 19.7 Å². The average molecular weight is 299 g/mol. The maximum atomic E-state index is 12.1. The van der Waals surface area contributed by atoms with E-state index in [4.69, 9.17) is 4.74 Å². The topological polar surface area (TPSA) is 55.3 Å². The zero-order valence-corrected chi connectivity index (χ0v) is 13.0. The monoisotopic (exact) mass is 299 g/mol. The highest BCUT2D eigenvalue weighted by molar-refractivity contribution is 5.75.